The predicted octanol–water partition coefficient (Wildman–Crippen LogP) is 14.4. The summed E-state index contributed by atoms with van der Waals surface area (Å²) in [5.41, 5.74) is 11.1. The predicted molar refractivity (Wildman–Crippen MR) is 257 cm³/mol. The minimum absolute atomic E-state index is 0.0739. The molecule has 6 heteroatoms. The van der Waals surface area contributed by atoms with Crippen LogP contribution in [0.1, 0.15) is 119 Å². The molecule has 0 aromatic heterocycles. The van der Waals surface area contributed by atoms with E-state index in [1.807, 2.05) is 78.0 Å². The minimum Gasteiger partial charge on any atom is -0.223 e. The Kier molecular flexibility index (Phi) is 16.6. The van der Waals surface area contributed by atoms with E-state index in [0.717, 1.165) is 35.1 Å². The van der Waals surface area contributed by atoms with Gasteiger partial charge in [0.1, 0.15) is 10.5 Å². The fourth-order valence-corrected chi connectivity index (χ4v) is 12.6. The van der Waals surface area contributed by atoms with E-state index in [4.69, 9.17) is 0 Å². The molecule has 0 fully saturated rings. The lowest BCUT2D eigenvalue weighted by molar-refractivity contribution is 0.376. The van der Waals surface area contributed by atoms with Gasteiger partial charge in [-0.3, -0.25) is 0 Å². The summed E-state index contributed by atoms with van der Waals surface area (Å²) in [6, 6.07) is 13.3. The summed E-state index contributed by atoms with van der Waals surface area (Å²) in [7, 11) is -8.43. The quantitative estimate of drug-likeness (QED) is 0.167. The molecule has 2 atom stereocenters. The zero-order valence-corrected chi connectivity index (χ0v) is 40.0. The van der Waals surface area contributed by atoms with Crippen molar-refractivity contribution in [1.82, 2.24) is 0 Å². The molecule has 322 valence electrons. The van der Waals surface area contributed by atoms with Gasteiger partial charge >= 0.3 is 0 Å². The fourth-order valence-electron chi connectivity index (χ4n) is 8.39. The number of sulfone groups is 2. The van der Waals surface area contributed by atoms with Gasteiger partial charge < -0.3 is 0 Å². The van der Waals surface area contributed by atoms with Gasteiger partial charge in [0.15, 0.2) is 19.7 Å². The van der Waals surface area contributed by atoms with Gasteiger partial charge in [0.05, 0.1) is 9.79 Å². The Morgan fingerprint density at radius 2 is 0.850 bits per heavy atom. The first-order chi connectivity index (χ1) is 28.0. The maximum atomic E-state index is 14.8. The Bertz CT molecular complexity index is 2230. The second-order valence-corrected chi connectivity index (χ2v) is 22.7. The summed E-state index contributed by atoms with van der Waals surface area (Å²) in [5.74, 6) is 0. The lowest BCUT2D eigenvalue weighted by Gasteiger charge is -2.33. The van der Waals surface area contributed by atoms with Crippen LogP contribution in [0.5, 0.6) is 0 Å². The van der Waals surface area contributed by atoms with Crippen LogP contribution >= 0.6 is 0 Å². The van der Waals surface area contributed by atoms with Crippen LogP contribution in [0.3, 0.4) is 0 Å². The molecule has 4 nitrogen and oxygen atoms in total. The second kappa shape index (κ2) is 20.5. The molecule has 60 heavy (non-hydrogen) atoms. The smallest absolute Gasteiger partial charge is 0.186 e. The maximum Gasteiger partial charge on any atom is 0.186 e. The molecule has 0 heterocycles. The summed E-state index contributed by atoms with van der Waals surface area (Å²) in [5, 5.41) is -2.85. The molecular weight excluding hydrogens is 777 g/mol. The van der Waals surface area contributed by atoms with Crippen molar-refractivity contribution in [3.63, 3.8) is 0 Å². The van der Waals surface area contributed by atoms with E-state index in [1.54, 1.807) is 60.7 Å². The van der Waals surface area contributed by atoms with Gasteiger partial charge in [-0.2, -0.15) is 0 Å². The lowest BCUT2D eigenvalue weighted by atomic mass is 9.72. The highest BCUT2D eigenvalue weighted by atomic mass is 32.2. The monoisotopic (exact) mass is 846 g/mol. The zero-order valence-electron chi connectivity index (χ0n) is 38.4. The first kappa shape index (κ1) is 48.4. The van der Waals surface area contributed by atoms with Crippen molar-refractivity contribution in [1.29, 1.82) is 0 Å². The van der Waals surface area contributed by atoms with E-state index in [1.165, 1.54) is 48.0 Å². The molecule has 0 amide bonds. The van der Waals surface area contributed by atoms with Crippen LogP contribution < -0.4 is 0 Å². The lowest BCUT2D eigenvalue weighted by Crippen LogP contribution is -2.38. The average Bonchev–Trinajstić information content (AvgIpc) is 3.15. The highest BCUT2D eigenvalue weighted by molar-refractivity contribution is 7.96. The Labute approximate surface area is 364 Å². The summed E-state index contributed by atoms with van der Waals surface area (Å²) >= 11 is 0. The van der Waals surface area contributed by atoms with Gasteiger partial charge in [0.25, 0.3) is 0 Å². The summed E-state index contributed by atoms with van der Waals surface area (Å²) in [4.78, 5) is 0.148. The zero-order chi connectivity index (χ0) is 44.5. The first-order valence-electron chi connectivity index (χ1n) is 21.5. The summed E-state index contributed by atoms with van der Waals surface area (Å²) < 4.78 is 59.1. The molecule has 2 aromatic rings. The van der Waals surface area contributed by atoms with Crippen LogP contribution in [0.2, 0.25) is 0 Å². The Morgan fingerprint density at radius 3 is 1.17 bits per heavy atom. The molecular formula is C54H70O4S2. The van der Waals surface area contributed by atoms with Crippen molar-refractivity contribution in [3.8, 4) is 0 Å². The largest absolute Gasteiger partial charge is 0.223 e. The SMILES string of the molecule is CC1=C(/C=C/C(C)=C/C=C/C(C)=C/C(C(/C=C(C)/C=C/C=C(C)/C=C/C2=C(C)CCCC2(C)C)S(=O)(=O)c2ccc(C)cc2)S(=O)(=O)c2ccc(C)cc2)C(C)(C)CCC1. The van der Waals surface area contributed by atoms with E-state index in [0.29, 0.717) is 11.1 Å². The molecule has 2 unspecified atom stereocenters. The number of rotatable bonds is 15. The molecule has 2 aliphatic carbocycles. The van der Waals surface area contributed by atoms with E-state index < -0.39 is 30.2 Å². The number of allylic oxidation sites excluding steroid dienone is 18. The van der Waals surface area contributed by atoms with Gasteiger partial charge in [0.2, 0.25) is 0 Å². The molecule has 2 aromatic carbocycles. The Morgan fingerprint density at radius 1 is 0.517 bits per heavy atom. The molecule has 0 spiro atoms. The van der Waals surface area contributed by atoms with Gasteiger partial charge in [-0.05, 0) is 140 Å². The van der Waals surface area contributed by atoms with Crippen molar-refractivity contribution in [2.75, 3.05) is 0 Å². The average molecular weight is 847 g/mol. The second-order valence-electron chi connectivity index (χ2n) is 18.5. The highest BCUT2D eigenvalue weighted by Crippen LogP contribution is 2.42. The standard InChI is InChI=1S/C54H70O4S2/c1-39(27-33-49-45(7)21-15-35-53(49,9)10)17-13-19-43(5)37-51(59(55,56)47-29-23-41(3)24-30-47)52(60(57,58)48-31-25-42(4)26-32-48)38-44(6)20-14-18-40(2)28-34-50-46(8)22-16-36-54(50,11)12/h13-14,17-20,23-34,37-38,51-52H,15-16,21-22,35-36H2,1-12H3/b19-13+,20-14+,33-27+,34-28+,39-17+,40-18+,43-37+,44-38+. The third-order valence-corrected chi connectivity index (χ3v) is 16.5. The topological polar surface area (TPSA) is 68.3 Å². The molecule has 0 radical (unpaired) electrons. The van der Waals surface area contributed by atoms with Gasteiger partial charge in [-0.1, -0.05) is 169 Å². The number of hydrogen-bond acceptors (Lipinski definition) is 4. The van der Waals surface area contributed by atoms with Gasteiger partial charge in [-0.25, -0.2) is 16.8 Å². The summed E-state index contributed by atoms with van der Waals surface area (Å²) in [6.07, 6.45) is 30.4. The normalized spacial score (nSPS) is 20.0. The molecule has 0 aliphatic heterocycles. The molecule has 0 saturated carbocycles. The minimum atomic E-state index is -4.22. The molecule has 0 bridgehead atoms. The fraction of sp³-hybridized carbons (Fsp3) is 0.407. The van der Waals surface area contributed by atoms with Crippen LogP contribution in [-0.2, 0) is 19.7 Å². The third-order valence-electron chi connectivity index (χ3n) is 12.1. The van der Waals surface area contributed by atoms with Crippen molar-refractivity contribution in [3.05, 3.63) is 177 Å². The van der Waals surface area contributed by atoms with Crippen LogP contribution in [-0.4, -0.2) is 27.3 Å². The van der Waals surface area contributed by atoms with Crippen molar-refractivity contribution < 1.29 is 16.8 Å². The van der Waals surface area contributed by atoms with E-state index in [-0.39, 0.29) is 20.6 Å². The highest BCUT2D eigenvalue weighted by Gasteiger charge is 2.41. The van der Waals surface area contributed by atoms with Gasteiger partial charge in [-0.15, -0.1) is 0 Å². The number of aryl methyl sites for hydroxylation is 2. The molecule has 0 saturated heterocycles. The van der Waals surface area contributed by atoms with Crippen LogP contribution in [0.4, 0.5) is 0 Å². The van der Waals surface area contributed by atoms with E-state index >= 15 is 0 Å². The van der Waals surface area contributed by atoms with Crippen LogP contribution in [0.15, 0.2) is 176 Å². The molecule has 0 N–H and O–H groups in total. The Balaban J connectivity index is 1.79. The maximum absolute atomic E-state index is 14.8. The van der Waals surface area contributed by atoms with E-state index in [2.05, 4.69) is 65.8 Å². The molecule has 2 aliphatic rings. The van der Waals surface area contributed by atoms with Crippen molar-refractivity contribution >= 4 is 19.7 Å². The molecule has 4 rings (SSSR count). The number of hydrogen-bond donors (Lipinski definition) is 0. The number of benzene rings is 2. The summed E-state index contributed by atoms with van der Waals surface area (Å²) in [6.45, 7) is 25.2. The Hall–Kier alpha value is -4.26. The van der Waals surface area contributed by atoms with Crippen LogP contribution in [0.25, 0.3) is 0 Å². The third kappa shape index (κ3) is 12.9. The van der Waals surface area contributed by atoms with Crippen LogP contribution in [0, 0.1) is 24.7 Å². The van der Waals surface area contributed by atoms with Crippen molar-refractivity contribution in [2.45, 2.75) is 142 Å². The first-order valence-corrected chi connectivity index (χ1v) is 24.6. The van der Waals surface area contributed by atoms with Crippen molar-refractivity contribution in [2.24, 2.45) is 10.8 Å². The van der Waals surface area contributed by atoms with E-state index in [9.17, 15) is 16.8 Å². The van der Waals surface area contributed by atoms with Gasteiger partial charge in [0, 0.05) is 0 Å².